The number of hydrogen-bond acceptors (Lipinski definition) is 4. The smallest absolute Gasteiger partial charge is 0.345 e. The summed E-state index contributed by atoms with van der Waals surface area (Å²) in [4.78, 5) is 15.5. The molecular formula is C13H13ClN2O3. The molecule has 0 aliphatic carbocycles. The lowest BCUT2D eigenvalue weighted by atomic mass is 10.3. The molecule has 0 amide bonds. The number of esters is 1. The van der Waals surface area contributed by atoms with Gasteiger partial charge in [0.2, 0.25) is 0 Å². The van der Waals surface area contributed by atoms with E-state index in [1.165, 1.54) is 0 Å². The number of aryl methyl sites for hydroxylation is 1. The number of carbonyl (C=O) groups is 1. The fourth-order valence-electron chi connectivity index (χ4n) is 1.40. The van der Waals surface area contributed by atoms with Crippen molar-refractivity contribution in [1.29, 1.82) is 0 Å². The van der Waals surface area contributed by atoms with Crippen LogP contribution in [-0.2, 0) is 16.3 Å². The number of imidazole rings is 1. The summed E-state index contributed by atoms with van der Waals surface area (Å²) >= 11 is 5.74. The SMILES string of the molecule is Cc1nccn1COC(=O)COc1ccc(Cl)cc1. The minimum absolute atomic E-state index is 0.134. The van der Waals surface area contributed by atoms with Gasteiger partial charge in [-0.15, -0.1) is 0 Å². The Morgan fingerprint density at radius 2 is 2.11 bits per heavy atom. The van der Waals surface area contributed by atoms with Crippen LogP contribution in [0.4, 0.5) is 0 Å². The van der Waals surface area contributed by atoms with Crippen molar-refractivity contribution in [2.45, 2.75) is 13.7 Å². The van der Waals surface area contributed by atoms with Gasteiger partial charge in [0.1, 0.15) is 11.6 Å². The van der Waals surface area contributed by atoms with E-state index in [0.29, 0.717) is 10.8 Å². The molecule has 1 aromatic carbocycles. The van der Waals surface area contributed by atoms with Gasteiger partial charge < -0.3 is 14.0 Å². The molecule has 0 bridgehead atoms. The molecule has 5 nitrogen and oxygen atoms in total. The van der Waals surface area contributed by atoms with Gasteiger partial charge in [-0.3, -0.25) is 0 Å². The van der Waals surface area contributed by atoms with Gasteiger partial charge in [-0.05, 0) is 31.2 Å². The molecule has 0 saturated carbocycles. The van der Waals surface area contributed by atoms with E-state index in [1.807, 2.05) is 6.92 Å². The first-order valence-electron chi connectivity index (χ1n) is 5.67. The molecule has 2 rings (SSSR count). The monoisotopic (exact) mass is 280 g/mol. The van der Waals surface area contributed by atoms with E-state index < -0.39 is 5.97 Å². The van der Waals surface area contributed by atoms with Crippen LogP contribution in [0.25, 0.3) is 0 Å². The molecule has 0 atom stereocenters. The molecule has 0 N–H and O–H groups in total. The fraction of sp³-hybridized carbons (Fsp3) is 0.231. The van der Waals surface area contributed by atoms with E-state index in [9.17, 15) is 4.79 Å². The van der Waals surface area contributed by atoms with Gasteiger partial charge in [0.25, 0.3) is 0 Å². The molecule has 0 unspecified atom stereocenters. The number of benzene rings is 1. The molecule has 6 heteroatoms. The van der Waals surface area contributed by atoms with Crippen molar-refractivity contribution in [2.24, 2.45) is 0 Å². The van der Waals surface area contributed by atoms with Gasteiger partial charge >= 0.3 is 5.97 Å². The molecule has 1 heterocycles. The Balaban J connectivity index is 1.76. The molecule has 1 aromatic heterocycles. The predicted molar refractivity (Wildman–Crippen MR) is 70.0 cm³/mol. The third-order valence-electron chi connectivity index (χ3n) is 2.46. The largest absolute Gasteiger partial charge is 0.482 e. The van der Waals surface area contributed by atoms with Crippen LogP contribution >= 0.6 is 11.6 Å². The van der Waals surface area contributed by atoms with E-state index >= 15 is 0 Å². The fourth-order valence-corrected chi connectivity index (χ4v) is 1.52. The molecule has 2 aromatic rings. The van der Waals surface area contributed by atoms with E-state index in [1.54, 1.807) is 41.2 Å². The first-order valence-corrected chi connectivity index (χ1v) is 6.04. The summed E-state index contributed by atoms with van der Waals surface area (Å²) in [5, 5.41) is 0.616. The van der Waals surface area contributed by atoms with Gasteiger partial charge in [-0.1, -0.05) is 11.6 Å². The maximum absolute atomic E-state index is 11.5. The van der Waals surface area contributed by atoms with Crippen LogP contribution in [-0.4, -0.2) is 22.1 Å². The Morgan fingerprint density at radius 1 is 1.37 bits per heavy atom. The van der Waals surface area contributed by atoms with Crippen molar-refractivity contribution in [2.75, 3.05) is 6.61 Å². The van der Waals surface area contributed by atoms with Crippen molar-refractivity contribution in [3.63, 3.8) is 0 Å². The third kappa shape index (κ3) is 3.99. The van der Waals surface area contributed by atoms with Crippen molar-refractivity contribution >= 4 is 17.6 Å². The molecule has 19 heavy (non-hydrogen) atoms. The first-order chi connectivity index (χ1) is 9.15. The number of aromatic nitrogens is 2. The van der Waals surface area contributed by atoms with E-state index in [0.717, 1.165) is 5.82 Å². The standard InChI is InChI=1S/C13H13ClN2O3/c1-10-15-6-7-16(10)9-19-13(17)8-18-12-4-2-11(14)3-5-12/h2-7H,8-9H2,1H3. The maximum Gasteiger partial charge on any atom is 0.345 e. The molecule has 0 spiro atoms. The molecule has 0 fully saturated rings. The second-order valence-electron chi connectivity index (χ2n) is 3.83. The Morgan fingerprint density at radius 3 is 2.74 bits per heavy atom. The number of halogens is 1. The van der Waals surface area contributed by atoms with Crippen LogP contribution in [0.5, 0.6) is 5.75 Å². The molecule has 100 valence electrons. The zero-order chi connectivity index (χ0) is 13.7. The lowest BCUT2D eigenvalue weighted by Gasteiger charge is -2.08. The quantitative estimate of drug-likeness (QED) is 0.789. The van der Waals surface area contributed by atoms with E-state index in [4.69, 9.17) is 21.1 Å². The van der Waals surface area contributed by atoms with Crippen LogP contribution < -0.4 is 4.74 Å². The van der Waals surface area contributed by atoms with Crippen LogP contribution in [0.1, 0.15) is 5.82 Å². The molecular weight excluding hydrogens is 268 g/mol. The summed E-state index contributed by atoms with van der Waals surface area (Å²) in [5.41, 5.74) is 0. The van der Waals surface area contributed by atoms with Crippen molar-refractivity contribution in [3.8, 4) is 5.75 Å². The zero-order valence-corrected chi connectivity index (χ0v) is 11.1. The second kappa shape index (κ2) is 6.24. The first kappa shape index (κ1) is 13.4. The van der Waals surface area contributed by atoms with Gasteiger partial charge in [0, 0.05) is 17.4 Å². The van der Waals surface area contributed by atoms with Crippen LogP contribution in [0.3, 0.4) is 0 Å². The average molecular weight is 281 g/mol. The summed E-state index contributed by atoms with van der Waals surface area (Å²) < 4.78 is 12.0. The molecule has 0 aliphatic heterocycles. The second-order valence-corrected chi connectivity index (χ2v) is 4.27. The number of ether oxygens (including phenoxy) is 2. The van der Waals surface area contributed by atoms with Crippen molar-refractivity contribution in [3.05, 3.63) is 47.5 Å². The van der Waals surface area contributed by atoms with Gasteiger partial charge in [0.15, 0.2) is 13.3 Å². The summed E-state index contributed by atoms with van der Waals surface area (Å²) in [6, 6.07) is 6.76. The van der Waals surface area contributed by atoms with Crippen LogP contribution in [0.2, 0.25) is 5.02 Å². The zero-order valence-electron chi connectivity index (χ0n) is 10.4. The number of rotatable bonds is 5. The Hall–Kier alpha value is -2.01. The lowest BCUT2D eigenvalue weighted by molar-refractivity contribution is -0.149. The number of hydrogen-bond donors (Lipinski definition) is 0. The Labute approximate surface area is 115 Å². The maximum atomic E-state index is 11.5. The van der Waals surface area contributed by atoms with Gasteiger partial charge in [0.05, 0.1) is 0 Å². The van der Waals surface area contributed by atoms with Gasteiger partial charge in [-0.2, -0.15) is 0 Å². The summed E-state index contributed by atoms with van der Waals surface area (Å²) in [5.74, 6) is 0.912. The molecule has 0 radical (unpaired) electrons. The van der Waals surface area contributed by atoms with E-state index in [2.05, 4.69) is 4.98 Å². The number of nitrogens with zero attached hydrogens (tertiary/aromatic N) is 2. The highest BCUT2D eigenvalue weighted by Gasteiger charge is 2.05. The highest BCUT2D eigenvalue weighted by molar-refractivity contribution is 6.30. The molecule has 0 saturated heterocycles. The minimum Gasteiger partial charge on any atom is -0.482 e. The summed E-state index contributed by atoms with van der Waals surface area (Å²) in [6.45, 7) is 1.82. The predicted octanol–water partition coefficient (Wildman–Crippen LogP) is 2.42. The van der Waals surface area contributed by atoms with Crippen molar-refractivity contribution in [1.82, 2.24) is 9.55 Å². The highest BCUT2D eigenvalue weighted by atomic mass is 35.5. The van der Waals surface area contributed by atoms with Gasteiger partial charge in [-0.25, -0.2) is 9.78 Å². The highest BCUT2D eigenvalue weighted by Crippen LogP contribution is 2.15. The number of carbonyl (C=O) groups excluding carboxylic acids is 1. The summed E-state index contributed by atoms with van der Waals surface area (Å²) in [7, 11) is 0. The minimum atomic E-state index is -0.442. The normalized spacial score (nSPS) is 10.2. The Bertz CT molecular complexity index is 551. The topological polar surface area (TPSA) is 53.4 Å². The van der Waals surface area contributed by atoms with Crippen LogP contribution in [0.15, 0.2) is 36.7 Å². The van der Waals surface area contributed by atoms with E-state index in [-0.39, 0.29) is 13.3 Å². The third-order valence-corrected chi connectivity index (χ3v) is 2.71. The average Bonchev–Trinajstić information content (AvgIpc) is 2.81. The van der Waals surface area contributed by atoms with Crippen molar-refractivity contribution < 1.29 is 14.3 Å². The molecule has 0 aliphatic rings. The van der Waals surface area contributed by atoms with Crippen LogP contribution in [0, 0.1) is 6.92 Å². The summed E-state index contributed by atoms with van der Waals surface area (Å²) in [6.07, 6.45) is 3.38. The Kier molecular flexibility index (Phi) is 4.41. The lowest BCUT2D eigenvalue weighted by Crippen LogP contribution is -2.17.